The van der Waals surface area contributed by atoms with E-state index in [1.165, 1.54) is 5.56 Å². The summed E-state index contributed by atoms with van der Waals surface area (Å²) in [6.07, 6.45) is 2.89. The van der Waals surface area contributed by atoms with Crippen LogP contribution >= 0.6 is 0 Å². The van der Waals surface area contributed by atoms with E-state index in [9.17, 15) is 9.59 Å². The SMILES string of the molecule is CCCCN(C(=O)c1ccccc1CN1CCc2ccc(C(N)=O)cc2C1)c1ccccc1. The van der Waals surface area contributed by atoms with Crippen molar-refractivity contribution < 1.29 is 9.59 Å². The van der Waals surface area contributed by atoms with Gasteiger partial charge in [0.05, 0.1) is 0 Å². The Kier molecular flexibility index (Phi) is 7.20. The molecule has 0 aliphatic carbocycles. The Labute approximate surface area is 195 Å². The van der Waals surface area contributed by atoms with Gasteiger partial charge in [0, 0.05) is 43.0 Å². The topological polar surface area (TPSA) is 66.6 Å². The molecule has 170 valence electrons. The number of rotatable bonds is 8. The first kappa shape index (κ1) is 22.7. The van der Waals surface area contributed by atoms with E-state index in [1.807, 2.05) is 71.6 Å². The fourth-order valence-electron chi connectivity index (χ4n) is 4.43. The third-order valence-corrected chi connectivity index (χ3v) is 6.27. The molecule has 2 N–H and O–H groups in total. The average molecular weight is 442 g/mol. The summed E-state index contributed by atoms with van der Waals surface area (Å²) in [5.74, 6) is -0.363. The number of anilines is 1. The predicted molar refractivity (Wildman–Crippen MR) is 132 cm³/mol. The van der Waals surface area contributed by atoms with Crippen molar-refractivity contribution in [2.45, 2.75) is 39.3 Å². The van der Waals surface area contributed by atoms with Crippen LogP contribution in [0, 0.1) is 0 Å². The number of nitrogens with zero attached hydrogens (tertiary/aromatic N) is 2. The maximum atomic E-state index is 13.7. The van der Waals surface area contributed by atoms with Crippen molar-refractivity contribution in [2.24, 2.45) is 5.73 Å². The number of amides is 2. The highest BCUT2D eigenvalue weighted by atomic mass is 16.2. The normalized spacial score (nSPS) is 13.4. The molecule has 5 nitrogen and oxygen atoms in total. The Morgan fingerprint density at radius 1 is 0.970 bits per heavy atom. The second-order valence-corrected chi connectivity index (χ2v) is 8.61. The van der Waals surface area contributed by atoms with Crippen LogP contribution in [0.4, 0.5) is 5.69 Å². The van der Waals surface area contributed by atoms with E-state index in [0.29, 0.717) is 18.7 Å². The summed E-state index contributed by atoms with van der Waals surface area (Å²) >= 11 is 0. The lowest BCUT2D eigenvalue weighted by molar-refractivity contribution is 0.0980. The highest BCUT2D eigenvalue weighted by molar-refractivity contribution is 6.07. The number of primary amides is 1. The van der Waals surface area contributed by atoms with Gasteiger partial charge in [0.25, 0.3) is 5.91 Å². The fourth-order valence-corrected chi connectivity index (χ4v) is 4.43. The second kappa shape index (κ2) is 10.5. The van der Waals surface area contributed by atoms with E-state index in [0.717, 1.165) is 54.7 Å². The Balaban J connectivity index is 1.57. The maximum Gasteiger partial charge on any atom is 0.258 e. The molecule has 1 aliphatic rings. The van der Waals surface area contributed by atoms with Crippen LogP contribution in [0.15, 0.2) is 72.8 Å². The number of nitrogens with two attached hydrogens (primary N) is 1. The van der Waals surface area contributed by atoms with E-state index in [4.69, 9.17) is 5.73 Å². The van der Waals surface area contributed by atoms with Crippen LogP contribution in [0.5, 0.6) is 0 Å². The van der Waals surface area contributed by atoms with Crippen molar-refractivity contribution in [3.8, 4) is 0 Å². The lowest BCUT2D eigenvalue weighted by Gasteiger charge is -2.30. The first-order valence-electron chi connectivity index (χ1n) is 11.7. The van der Waals surface area contributed by atoms with Gasteiger partial charge in [0.1, 0.15) is 0 Å². The Morgan fingerprint density at radius 3 is 2.48 bits per heavy atom. The van der Waals surface area contributed by atoms with E-state index in [1.54, 1.807) is 6.07 Å². The van der Waals surface area contributed by atoms with Crippen molar-refractivity contribution in [2.75, 3.05) is 18.0 Å². The monoisotopic (exact) mass is 441 g/mol. The van der Waals surface area contributed by atoms with Gasteiger partial charge in [0.15, 0.2) is 0 Å². The Hall–Kier alpha value is -3.44. The molecule has 3 aromatic carbocycles. The molecule has 0 fully saturated rings. The van der Waals surface area contributed by atoms with Crippen molar-refractivity contribution in [1.29, 1.82) is 0 Å². The number of hydrogen-bond donors (Lipinski definition) is 1. The molecule has 5 heteroatoms. The molecular weight excluding hydrogens is 410 g/mol. The molecule has 1 aliphatic heterocycles. The summed E-state index contributed by atoms with van der Waals surface area (Å²) in [4.78, 5) is 29.5. The lowest BCUT2D eigenvalue weighted by Crippen LogP contribution is -2.34. The molecule has 0 saturated carbocycles. The van der Waals surface area contributed by atoms with Gasteiger partial charge in [-0.2, -0.15) is 0 Å². The molecule has 3 aromatic rings. The van der Waals surface area contributed by atoms with E-state index in [-0.39, 0.29) is 5.91 Å². The molecule has 0 aromatic heterocycles. The van der Waals surface area contributed by atoms with Crippen LogP contribution < -0.4 is 10.6 Å². The lowest BCUT2D eigenvalue weighted by atomic mass is 9.96. The van der Waals surface area contributed by atoms with Gasteiger partial charge in [-0.25, -0.2) is 0 Å². The van der Waals surface area contributed by atoms with E-state index >= 15 is 0 Å². The average Bonchev–Trinajstić information content (AvgIpc) is 2.84. The fraction of sp³-hybridized carbons (Fsp3) is 0.286. The molecule has 0 spiro atoms. The zero-order chi connectivity index (χ0) is 23.2. The second-order valence-electron chi connectivity index (χ2n) is 8.61. The number of hydrogen-bond acceptors (Lipinski definition) is 3. The third-order valence-electron chi connectivity index (χ3n) is 6.27. The highest BCUT2D eigenvalue weighted by Crippen LogP contribution is 2.25. The number of fused-ring (bicyclic) bond motifs is 1. The van der Waals surface area contributed by atoms with Crippen LogP contribution in [-0.4, -0.2) is 29.8 Å². The minimum atomic E-state index is -0.404. The first-order chi connectivity index (χ1) is 16.1. The summed E-state index contributed by atoms with van der Waals surface area (Å²) in [7, 11) is 0. The number of carbonyl (C=O) groups is 2. The van der Waals surface area contributed by atoms with E-state index < -0.39 is 5.91 Å². The highest BCUT2D eigenvalue weighted by Gasteiger charge is 2.23. The smallest absolute Gasteiger partial charge is 0.258 e. The summed E-state index contributed by atoms with van der Waals surface area (Å²) in [6, 6.07) is 23.5. The predicted octanol–water partition coefficient (Wildman–Crippen LogP) is 4.79. The van der Waals surface area contributed by atoms with Gasteiger partial charge in [-0.15, -0.1) is 0 Å². The molecule has 4 rings (SSSR count). The van der Waals surface area contributed by atoms with Gasteiger partial charge in [-0.1, -0.05) is 55.8 Å². The molecule has 0 atom stereocenters. The van der Waals surface area contributed by atoms with E-state index in [2.05, 4.69) is 11.8 Å². The summed E-state index contributed by atoms with van der Waals surface area (Å²) < 4.78 is 0. The summed E-state index contributed by atoms with van der Waals surface area (Å²) in [5, 5.41) is 0. The molecule has 0 saturated heterocycles. The van der Waals surface area contributed by atoms with Gasteiger partial charge >= 0.3 is 0 Å². The molecule has 1 heterocycles. The summed E-state index contributed by atoms with van der Waals surface area (Å²) in [6.45, 7) is 5.15. The number of benzene rings is 3. The van der Waals surface area contributed by atoms with Crippen molar-refractivity contribution in [3.63, 3.8) is 0 Å². The van der Waals surface area contributed by atoms with Crippen LogP contribution in [0.2, 0.25) is 0 Å². The largest absolute Gasteiger partial charge is 0.366 e. The van der Waals surface area contributed by atoms with Crippen molar-refractivity contribution >= 4 is 17.5 Å². The molecule has 0 radical (unpaired) electrons. The van der Waals surface area contributed by atoms with Crippen LogP contribution in [0.25, 0.3) is 0 Å². The quantitative estimate of drug-likeness (QED) is 0.546. The zero-order valence-corrected chi connectivity index (χ0v) is 19.2. The van der Waals surface area contributed by atoms with Crippen LogP contribution in [0.1, 0.15) is 57.2 Å². The third kappa shape index (κ3) is 5.32. The standard InChI is InChI=1S/C28H31N3O2/c1-2-3-16-31(25-10-5-4-6-11-25)28(33)26-12-8-7-9-23(26)19-30-17-15-21-13-14-22(27(29)32)18-24(21)20-30/h4-14,18H,2-3,15-17,19-20H2,1H3,(H2,29,32). The molecule has 2 amide bonds. The van der Waals surface area contributed by atoms with Crippen LogP contribution in [0.3, 0.4) is 0 Å². The number of unbranched alkanes of at least 4 members (excludes halogenated alkanes) is 1. The van der Waals surface area contributed by atoms with Crippen LogP contribution in [-0.2, 0) is 19.5 Å². The first-order valence-corrected chi connectivity index (χ1v) is 11.7. The van der Waals surface area contributed by atoms with Crippen molar-refractivity contribution in [3.05, 3.63) is 101 Å². The number of para-hydroxylation sites is 1. The molecule has 0 unspecified atom stereocenters. The van der Waals surface area contributed by atoms with Gasteiger partial charge in [-0.05, 0) is 59.9 Å². The van der Waals surface area contributed by atoms with Gasteiger partial charge in [0.2, 0.25) is 5.91 Å². The van der Waals surface area contributed by atoms with Crippen molar-refractivity contribution in [1.82, 2.24) is 4.90 Å². The minimum Gasteiger partial charge on any atom is -0.366 e. The summed E-state index contributed by atoms with van der Waals surface area (Å²) in [5.41, 5.74) is 11.1. The molecule has 33 heavy (non-hydrogen) atoms. The molecular formula is C28H31N3O2. The van der Waals surface area contributed by atoms with Gasteiger partial charge < -0.3 is 10.6 Å². The Morgan fingerprint density at radius 2 is 1.73 bits per heavy atom. The molecule has 0 bridgehead atoms. The zero-order valence-electron chi connectivity index (χ0n) is 19.2. The maximum absolute atomic E-state index is 13.7. The Bertz CT molecular complexity index is 1130. The minimum absolute atomic E-state index is 0.0404. The number of carbonyl (C=O) groups excluding carboxylic acids is 2. The van der Waals surface area contributed by atoms with Gasteiger partial charge in [-0.3, -0.25) is 14.5 Å².